The highest BCUT2D eigenvalue weighted by molar-refractivity contribution is 5.99. The Balaban J connectivity index is 1.57. The predicted octanol–water partition coefficient (Wildman–Crippen LogP) is 3.89. The monoisotopic (exact) mass is 572 g/mol. The molecule has 2 aliphatic heterocycles. The molecule has 3 heterocycles. The highest BCUT2D eigenvalue weighted by Crippen LogP contribution is 2.32. The Labute approximate surface area is 233 Å². The number of hydrogen-bond acceptors (Lipinski definition) is 5. The summed E-state index contributed by atoms with van der Waals surface area (Å²) in [5, 5.41) is 4.05. The van der Waals surface area contributed by atoms with Gasteiger partial charge in [0.15, 0.2) is 11.4 Å². The molecule has 3 atom stereocenters. The van der Waals surface area contributed by atoms with Crippen LogP contribution in [0.15, 0.2) is 53.5 Å². The molecule has 12 heteroatoms. The van der Waals surface area contributed by atoms with Crippen LogP contribution in [-0.4, -0.2) is 46.8 Å². The molecule has 1 saturated heterocycles. The largest absolute Gasteiger partial charge is 0.482 e. The maximum Gasteiger partial charge on any atom is 0.278 e. The number of halogens is 4. The molecule has 2 aliphatic rings. The molecule has 41 heavy (non-hydrogen) atoms. The first kappa shape index (κ1) is 28.2. The molecule has 2 amide bonds. The number of aromatic nitrogens is 1. The van der Waals surface area contributed by atoms with Crippen molar-refractivity contribution in [2.75, 3.05) is 18.4 Å². The van der Waals surface area contributed by atoms with E-state index < -0.39 is 71.0 Å². The van der Waals surface area contributed by atoms with Crippen LogP contribution < -0.4 is 20.5 Å². The summed E-state index contributed by atoms with van der Waals surface area (Å²) in [5.41, 5.74) is -1.34. The van der Waals surface area contributed by atoms with E-state index in [1.807, 2.05) is 6.92 Å². The minimum absolute atomic E-state index is 0.0821. The fraction of sp³-hybridized carbons (Fsp3) is 0.345. The van der Waals surface area contributed by atoms with Crippen LogP contribution in [0.4, 0.5) is 17.6 Å². The number of nitrogens with one attached hydrogen (secondary N) is 1. The van der Waals surface area contributed by atoms with E-state index in [1.54, 1.807) is 42.3 Å². The molecule has 0 aliphatic carbocycles. The van der Waals surface area contributed by atoms with Crippen molar-refractivity contribution in [3.8, 4) is 5.75 Å². The lowest BCUT2D eigenvalue weighted by Gasteiger charge is -2.42. The average Bonchev–Trinajstić information content (AvgIpc) is 3.05. The molecule has 2 aromatic carbocycles. The molecular formula is C29H28F4N4O4. The Morgan fingerprint density at radius 1 is 1.07 bits per heavy atom. The molecule has 0 saturated carbocycles. The minimum Gasteiger partial charge on any atom is -0.482 e. The number of amides is 2. The molecule has 8 nitrogen and oxygen atoms in total. The first-order valence-corrected chi connectivity index (χ1v) is 13.1. The maximum atomic E-state index is 14.2. The second-order valence-electron chi connectivity index (χ2n) is 10.3. The predicted molar refractivity (Wildman–Crippen MR) is 141 cm³/mol. The van der Waals surface area contributed by atoms with Gasteiger partial charge in [-0.25, -0.2) is 13.2 Å². The lowest BCUT2D eigenvalue weighted by atomic mass is 9.95. The molecule has 0 spiro atoms. The van der Waals surface area contributed by atoms with Crippen molar-refractivity contribution >= 4 is 11.8 Å². The van der Waals surface area contributed by atoms with Crippen LogP contribution in [0.1, 0.15) is 52.2 Å². The third-order valence-corrected chi connectivity index (χ3v) is 7.71. The summed E-state index contributed by atoms with van der Waals surface area (Å²) in [6.07, 6.45) is 1.59. The van der Waals surface area contributed by atoms with Gasteiger partial charge >= 0.3 is 0 Å². The van der Waals surface area contributed by atoms with Gasteiger partial charge in [0.05, 0.1) is 6.67 Å². The van der Waals surface area contributed by atoms with Gasteiger partial charge in [-0.15, -0.1) is 0 Å². The molecule has 1 fully saturated rings. The third-order valence-electron chi connectivity index (χ3n) is 7.71. The van der Waals surface area contributed by atoms with Crippen LogP contribution in [0.3, 0.4) is 0 Å². The van der Waals surface area contributed by atoms with Crippen molar-refractivity contribution in [1.29, 1.82) is 0 Å². The Kier molecular flexibility index (Phi) is 7.74. The number of ether oxygens (including phenoxy) is 1. The van der Waals surface area contributed by atoms with Gasteiger partial charge < -0.3 is 15.0 Å². The van der Waals surface area contributed by atoms with Gasteiger partial charge in [0.1, 0.15) is 36.3 Å². The lowest BCUT2D eigenvalue weighted by molar-refractivity contribution is 0.0568. The summed E-state index contributed by atoms with van der Waals surface area (Å²) in [7, 11) is 0. The zero-order chi connectivity index (χ0) is 29.4. The zero-order valence-corrected chi connectivity index (χ0v) is 22.4. The van der Waals surface area contributed by atoms with Crippen LogP contribution in [0.5, 0.6) is 5.75 Å². The van der Waals surface area contributed by atoms with Gasteiger partial charge in [0.25, 0.3) is 11.8 Å². The average molecular weight is 573 g/mol. The van der Waals surface area contributed by atoms with Crippen molar-refractivity contribution < 1.29 is 31.9 Å². The number of carbonyl (C=O) groups excluding carboxylic acids is 2. The fourth-order valence-electron chi connectivity index (χ4n) is 5.30. The van der Waals surface area contributed by atoms with Gasteiger partial charge in [-0.1, -0.05) is 30.3 Å². The van der Waals surface area contributed by atoms with Crippen molar-refractivity contribution in [2.24, 2.45) is 5.92 Å². The van der Waals surface area contributed by atoms with E-state index >= 15 is 0 Å². The second-order valence-corrected chi connectivity index (χ2v) is 10.3. The van der Waals surface area contributed by atoms with E-state index in [0.29, 0.717) is 24.1 Å². The number of hydrogen-bond donors (Lipinski definition) is 1. The van der Waals surface area contributed by atoms with E-state index in [0.717, 1.165) is 0 Å². The van der Waals surface area contributed by atoms with Gasteiger partial charge in [-0.3, -0.25) is 28.5 Å². The minimum atomic E-state index is -1.20. The molecule has 5 rings (SSSR count). The second kappa shape index (κ2) is 11.3. The molecule has 1 N–H and O–H groups in total. The highest BCUT2D eigenvalue weighted by Gasteiger charge is 2.43. The summed E-state index contributed by atoms with van der Waals surface area (Å²) in [4.78, 5) is 42.2. The van der Waals surface area contributed by atoms with Gasteiger partial charge in [0, 0.05) is 48.4 Å². The van der Waals surface area contributed by atoms with Crippen molar-refractivity contribution in [3.63, 3.8) is 0 Å². The number of pyridine rings is 1. The van der Waals surface area contributed by atoms with Crippen LogP contribution in [0.25, 0.3) is 0 Å². The number of fused-ring (bicyclic) bond motifs is 4. The van der Waals surface area contributed by atoms with Gasteiger partial charge in [-0.05, 0) is 25.8 Å². The van der Waals surface area contributed by atoms with Gasteiger partial charge in [-0.2, -0.15) is 0 Å². The fourth-order valence-corrected chi connectivity index (χ4v) is 5.30. The van der Waals surface area contributed by atoms with Crippen molar-refractivity contribution in [3.05, 3.63) is 98.7 Å². The third kappa shape index (κ3) is 5.25. The molecule has 3 aromatic rings. The normalized spacial score (nSPS) is 20.0. The summed E-state index contributed by atoms with van der Waals surface area (Å²) in [6, 6.07) is 9.08. The Hall–Kier alpha value is -4.35. The van der Waals surface area contributed by atoms with Crippen LogP contribution in [0, 0.1) is 23.4 Å². The van der Waals surface area contributed by atoms with Crippen LogP contribution >= 0.6 is 0 Å². The van der Waals surface area contributed by atoms with E-state index in [1.165, 1.54) is 15.8 Å². The maximum absolute atomic E-state index is 14.2. The molecule has 1 aromatic heterocycles. The summed E-state index contributed by atoms with van der Waals surface area (Å²) in [6.45, 7) is 2.29. The van der Waals surface area contributed by atoms with E-state index in [-0.39, 0.29) is 30.8 Å². The highest BCUT2D eigenvalue weighted by atomic mass is 19.1. The Morgan fingerprint density at radius 2 is 1.76 bits per heavy atom. The van der Waals surface area contributed by atoms with Gasteiger partial charge in [0.2, 0.25) is 5.43 Å². The number of rotatable bonds is 7. The lowest BCUT2D eigenvalue weighted by Crippen LogP contribution is -2.57. The van der Waals surface area contributed by atoms with E-state index in [9.17, 15) is 31.9 Å². The topological polar surface area (TPSA) is 83.9 Å². The number of nitrogens with zero attached hydrogens (tertiary/aromatic N) is 3. The first-order valence-electron chi connectivity index (χ1n) is 13.1. The van der Waals surface area contributed by atoms with Crippen LogP contribution in [0.2, 0.25) is 0 Å². The molecule has 0 radical (unpaired) electrons. The SMILES string of the molecule is C[C@@H]1C[C@@H](CF)[C@H](C)N2CN1n1cc(C(=O)NCc3c(F)cc(F)cc3F)c(=O)c(OCc3ccccc3)c1C2=O. The summed E-state index contributed by atoms with van der Waals surface area (Å²) >= 11 is 0. The zero-order valence-electron chi connectivity index (χ0n) is 22.4. The summed E-state index contributed by atoms with van der Waals surface area (Å²) in [5.74, 6) is -5.86. The standard InChI is InChI=1S/C29H28F4N4O4/c1-16-8-19(11-30)17(2)35-15-37(16)36-13-22(28(39)34-12-21-23(32)9-20(31)10-24(21)33)26(38)27(25(36)29(35)40)41-14-18-6-4-3-5-7-18/h3-7,9-10,13,16-17,19H,8,11-12,14-15H2,1-2H3,(H,34,39)/t16-,17+,19+/m1/s1. The van der Waals surface area contributed by atoms with E-state index in [4.69, 9.17) is 4.74 Å². The Morgan fingerprint density at radius 3 is 2.41 bits per heavy atom. The molecule has 2 bridgehead atoms. The molecule has 0 unspecified atom stereocenters. The number of carbonyl (C=O) groups is 2. The Bertz CT molecular complexity index is 1520. The quantitative estimate of drug-likeness (QED) is 0.435. The van der Waals surface area contributed by atoms with Crippen LogP contribution in [-0.2, 0) is 13.2 Å². The first-order chi connectivity index (χ1) is 19.6. The number of benzene rings is 2. The van der Waals surface area contributed by atoms with Crippen molar-refractivity contribution in [2.45, 2.75) is 45.5 Å². The van der Waals surface area contributed by atoms with Crippen molar-refractivity contribution in [1.82, 2.24) is 14.9 Å². The number of alkyl halides is 1. The summed E-state index contributed by atoms with van der Waals surface area (Å²) < 4.78 is 62.9. The van der Waals surface area contributed by atoms with E-state index in [2.05, 4.69) is 5.32 Å². The molecule has 216 valence electrons. The smallest absolute Gasteiger partial charge is 0.278 e. The molecular weight excluding hydrogens is 544 g/mol.